The van der Waals surface area contributed by atoms with E-state index in [1.54, 1.807) is 24.3 Å². The Balaban J connectivity index is 1.69. The van der Waals surface area contributed by atoms with Crippen LogP contribution < -0.4 is 10.6 Å². The van der Waals surface area contributed by atoms with E-state index in [-0.39, 0.29) is 17.4 Å². The number of rotatable bonds is 7. The highest BCUT2D eigenvalue weighted by atomic mass is 16.1. The number of fused-ring (bicyclic) bond motifs is 1. The van der Waals surface area contributed by atoms with Crippen molar-refractivity contribution in [2.75, 3.05) is 5.32 Å². The Hall–Kier alpha value is -3.39. The number of Topliss-reactive ketones (excluding diaryl/α,β-unsaturated/α-hetero) is 1. The van der Waals surface area contributed by atoms with Crippen LogP contribution in [0.15, 0.2) is 54.2 Å². The Morgan fingerprint density at radius 2 is 1.80 bits per heavy atom. The van der Waals surface area contributed by atoms with Crippen LogP contribution in [0.4, 0.5) is 5.69 Å². The molecule has 0 aromatic heterocycles. The van der Waals surface area contributed by atoms with Crippen LogP contribution >= 0.6 is 0 Å². The first-order valence-corrected chi connectivity index (χ1v) is 10.4. The number of hydrogen-bond acceptors (Lipinski definition) is 4. The predicted molar refractivity (Wildman–Crippen MR) is 118 cm³/mol. The normalized spacial score (nSPS) is 14.2. The zero-order valence-corrected chi connectivity index (χ0v) is 17.5. The summed E-state index contributed by atoms with van der Waals surface area (Å²) in [5.74, 6) is -0.420. The van der Waals surface area contributed by atoms with E-state index in [0.29, 0.717) is 11.3 Å². The van der Waals surface area contributed by atoms with Crippen LogP contribution in [-0.2, 0) is 17.6 Å². The molecule has 2 aromatic carbocycles. The van der Waals surface area contributed by atoms with Crippen molar-refractivity contribution in [1.29, 1.82) is 5.26 Å². The van der Waals surface area contributed by atoms with Crippen molar-refractivity contribution in [3.63, 3.8) is 0 Å². The molecule has 0 saturated heterocycles. The van der Waals surface area contributed by atoms with Crippen LogP contribution in [0, 0.1) is 11.3 Å². The van der Waals surface area contributed by atoms with Gasteiger partial charge in [0.15, 0.2) is 5.78 Å². The van der Waals surface area contributed by atoms with Gasteiger partial charge >= 0.3 is 0 Å². The predicted octanol–water partition coefficient (Wildman–Crippen LogP) is 4.85. The van der Waals surface area contributed by atoms with E-state index < -0.39 is 5.91 Å². The molecule has 30 heavy (non-hydrogen) atoms. The summed E-state index contributed by atoms with van der Waals surface area (Å²) in [5.41, 5.74) is 5.17. The maximum absolute atomic E-state index is 12.7. The Morgan fingerprint density at radius 1 is 1.10 bits per heavy atom. The number of nitriles is 1. The first-order chi connectivity index (χ1) is 14.5. The smallest absolute Gasteiger partial charge is 0.263 e. The molecule has 0 aliphatic heterocycles. The van der Waals surface area contributed by atoms with E-state index in [1.807, 2.05) is 13.0 Å². The number of carbonyl (C=O) groups excluding carboxylic acids is 2. The third kappa shape index (κ3) is 5.15. The molecule has 5 heteroatoms. The van der Waals surface area contributed by atoms with Gasteiger partial charge in [0.05, 0.1) is 6.04 Å². The van der Waals surface area contributed by atoms with Gasteiger partial charge in [0, 0.05) is 17.5 Å². The van der Waals surface area contributed by atoms with Crippen molar-refractivity contribution in [2.24, 2.45) is 0 Å². The molecule has 154 valence electrons. The van der Waals surface area contributed by atoms with Crippen LogP contribution in [0.25, 0.3) is 0 Å². The number of nitrogens with zero attached hydrogens (tertiary/aromatic N) is 1. The van der Waals surface area contributed by atoms with Crippen molar-refractivity contribution in [2.45, 2.75) is 52.0 Å². The van der Waals surface area contributed by atoms with Crippen LogP contribution in [-0.4, -0.2) is 11.7 Å². The number of amides is 1. The summed E-state index contributed by atoms with van der Waals surface area (Å²) in [4.78, 5) is 24.0. The number of aryl methyl sites for hydroxylation is 2. The van der Waals surface area contributed by atoms with Gasteiger partial charge in [-0.25, -0.2) is 0 Å². The molecular formula is C25H27N3O2. The summed E-state index contributed by atoms with van der Waals surface area (Å²) in [6, 6.07) is 15.2. The lowest BCUT2D eigenvalue weighted by Crippen LogP contribution is -2.29. The zero-order valence-electron chi connectivity index (χ0n) is 17.5. The molecule has 3 rings (SSSR count). The van der Waals surface area contributed by atoms with Crippen molar-refractivity contribution in [3.05, 3.63) is 76.5 Å². The first-order valence-electron chi connectivity index (χ1n) is 10.4. The topological polar surface area (TPSA) is 82.0 Å². The molecule has 2 N–H and O–H groups in total. The van der Waals surface area contributed by atoms with E-state index in [2.05, 4.69) is 28.8 Å². The number of carbonyl (C=O) groups is 2. The molecule has 1 atom stereocenters. The summed E-state index contributed by atoms with van der Waals surface area (Å²) < 4.78 is 0. The fourth-order valence-electron chi connectivity index (χ4n) is 3.73. The van der Waals surface area contributed by atoms with E-state index >= 15 is 0 Å². The summed E-state index contributed by atoms with van der Waals surface area (Å²) >= 11 is 0. The van der Waals surface area contributed by atoms with E-state index in [9.17, 15) is 14.9 Å². The molecule has 1 aliphatic rings. The SMILES string of the molecule is CCC(NC(=O)/C(C#N)=C\Nc1ccc(C(C)=O)cc1)c1ccc2c(c1)CCCC2. The Kier molecular flexibility index (Phi) is 7.03. The average Bonchev–Trinajstić information content (AvgIpc) is 2.77. The number of anilines is 1. The molecule has 0 spiro atoms. The van der Waals surface area contributed by atoms with E-state index in [1.165, 1.54) is 37.1 Å². The number of nitrogens with one attached hydrogen (secondary N) is 2. The molecule has 1 amide bonds. The third-order valence-corrected chi connectivity index (χ3v) is 5.53. The van der Waals surface area contributed by atoms with Crippen LogP contribution in [0.3, 0.4) is 0 Å². The summed E-state index contributed by atoms with van der Waals surface area (Å²) in [5, 5.41) is 15.4. The molecular weight excluding hydrogens is 374 g/mol. The largest absolute Gasteiger partial charge is 0.360 e. The van der Waals surface area contributed by atoms with Gasteiger partial charge in [0.1, 0.15) is 11.6 Å². The van der Waals surface area contributed by atoms with Crippen LogP contribution in [0.2, 0.25) is 0 Å². The maximum Gasteiger partial charge on any atom is 0.263 e. The lowest BCUT2D eigenvalue weighted by Gasteiger charge is -2.21. The van der Waals surface area contributed by atoms with Crippen molar-refractivity contribution >= 4 is 17.4 Å². The summed E-state index contributed by atoms with van der Waals surface area (Å²) in [6.45, 7) is 3.53. The highest BCUT2D eigenvalue weighted by molar-refractivity contribution is 5.98. The van der Waals surface area contributed by atoms with E-state index in [4.69, 9.17) is 0 Å². The van der Waals surface area contributed by atoms with Gasteiger partial charge in [-0.1, -0.05) is 25.1 Å². The minimum absolute atomic E-state index is 0.00190. The van der Waals surface area contributed by atoms with Crippen molar-refractivity contribution in [3.8, 4) is 6.07 Å². The van der Waals surface area contributed by atoms with Gasteiger partial charge in [-0.15, -0.1) is 0 Å². The number of benzene rings is 2. The second kappa shape index (κ2) is 9.89. The molecule has 0 saturated carbocycles. The molecule has 1 unspecified atom stereocenters. The van der Waals surface area contributed by atoms with Gasteiger partial charge in [-0.2, -0.15) is 5.26 Å². The lowest BCUT2D eigenvalue weighted by molar-refractivity contribution is -0.117. The van der Waals surface area contributed by atoms with Gasteiger partial charge in [-0.05, 0) is 80.0 Å². The number of ketones is 1. The maximum atomic E-state index is 12.7. The van der Waals surface area contributed by atoms with Crippen LogP contribution in [0.5, 0.6) is 0 Å². The second-order valence-electron chi connectivity index (χ2n) is 7.62. The average molecular weight is 402 g/mol. The summed E-state index contributed by atoms with van der Waals surface area (Å²) in [7, 11) is 0. The minimum Gasteiger partial charge on any atom is -0.360 e. The van der Waals surface area contributed by atoms with Crippen molar-refractivity contribution < 1.29 is 9.59 Å². The fourth-order valence-corrected chi connectivity index (χ4v) is 3.73. The second-order valence-corrected chi connectivity index (χ2v) is 7.62. The molecule has 2 aromatic rings. The molecule has 0 bridgehead atoms. The molecule has 5 nitrogen and oxygen atoms in total. The Labute approximate surface area is 177 Å². The molecule has 1 aliphatic carbocycles. The zero-order chi connectivity index (χ0) is 21.5. The Bertz CT molecular complexity index is 1000. The monoisotopic (exact) mass is 401 g/mol. The van der Waals surface area contributed by atoms with Gasteiger partial charge in [0.25, 0.3) is 5.91 Å². The Morgan fingerprint density at radius 3 is 2.43 bits per heavy atom. The molecule has 0 heterocycles. The van der Waals surface area contributed by atoms with Crippen LogP contribution in [0.1, 0.15) is 66.2 Å². The standard InChI is InChI=1S/C25H27N3O2/c1-3-24(21-9-8-19-6-4-5-7-20(19)14-21)28-25(30)22(15-26)16-27-23-12-10-18(11-13-23)17(2)29/h8-14,16,24,27H,3-7H2,1-2H3,(H,28,30)/b22-16-. The first kappa shape index (κ1) is 21.3. The molecule has 0 radical (unpaired) electrons. The number of hydrogen-bond donors (Lipinski definition) is 2. The van der Waals surface area contributed by atoms with Gasteiger partial charge < -0.3 is 10.6 Å². The highest BCUT2D eigenvalue weighted by Crippen LogP contribution is 2.26. The summed E-state index contributed by atoms with van der Waals surface area (Å²) in [6.07, 6.45) is 6.80. The molecule has 0 fully saturated rings. The van der Waals surface area contributed by atoms with E-state index in [0.717, 1.165) is 24.8 Å². The van der Waals surface area contributed by atoms with Gasteiger partial charge in [0.2, 0.25) is 0 Å². The minimum atomic E-state index is -0.407. The third-order valence-electron chi connectivity index (χ3n) is 5.53. The van der Waals surface area contributed by atoms with Crippen molar-refractivity contribution in [1.82, 2.24) is 5.32 Å². The van der Waals surface area contributed by atoms with Gasteiger partial charge in [-0.3, -0.25) is 9.59 Å². The fraction of sp³-hybridized carbons (Fsp3) is 0.320. The lowest BCUT2D eigenvalue weighted by atomic mass is 9.88. The quantitative estimate of drug-likeness (QED) is 0.394. The highest BCUT2D eigenvalue weighted by Gasteiger charge is 2.18.